The number of para-hydroxylation sites is 2. The Morgan fingerprint density at radius 1 is 0.814 bits per heavy atom. The summed E-state index contributed by atoms with van der Waals surface area (Å²) >= 11 is 0. The fourth-order valence-electron chi connectivity index (χ4n) is 5.98. The first-order valence-corrected chi connectivity index (χ1v) is 14.5. The summed E-state index contributed by atoms with van der Waals surface area (Å²) in [5.74, 6) is 0.535. The van der Waals surface area contributed by atoms with Gasteiger partial charge in [-0.1, -0.05) is 94.4 Å². The smallest absolute Gasteiger partial charge is 0.347 e. The molecule has 0 amide bonds. The molecule has 1 heterocycles. The van der Waals surface area contributed by atoms with E-state index in [0.717, 1.165) is 44.1 Å². The molecule has 0 aliphatic rings. The molecule has 0 spiro atoms. The number of esters is 1. The molecular formula is C38H35NO4. The number of H-pyrrole nitrogens is 1. The number of fused-ring (bicyclic) bond motifs is 2. The van der Waals surface area contributed by atoms with Gasteiger partial charge in [-0.25, -0.2) is 4.79 Å². The molecule has 0 saturated carbocycles. The summed E-state index contributed by atoms with van der Waals surface area (Å²) in [6.45, 7) is 8.44. The summed E-state index contributed by atoms with van der Waals surface area (Å²) in [5, 5.41) is 14.6. The van der Waals surface area contributed by atoms with Crippen LogP contribution >= 0.6 is 0 Å². The molecule has 0 radical (unpaired) electrons. The Bertz CT molecular complexity index is 1970. The van der Waals surface area contributed by atoms with E-state index in [1.54, 1.807) is 19.2 Å². The molecule has 6 aromatic rings. The molecular weight excluding hydrogens is 534 g/mol. The Morgan fingerprint density at radius 3 is 2.26 bits per heavy atom. The van der Waals surface area contributed by atoms with Gasteiger partial charge in [-0.15, -0.1) is 0 Å². The zero-order chi connectivity index (χ0) is 30.3. The van der Waals surface area contributed by atoms with Crippen molar-refractivity contribution < 1.29 is 19.4 Å². The topological polar surface area (TPSA) is 71.5 Å². The molecule has 0 saturated heterocycles. The number of aromatic hydroxyl groups is 1. The van der Waals surface area contributed by atoms with Crippen molar-refractivity contribution >= 4 is 27.6 Å². The van der Waals surface area contributed by atoms with Gasteiger partial charge in [0.2, 0.25) is 0 Å². The summed E-state index contributed by atoms with van der Waals surface area (Å²) < 4.78 is 11.5. The van der Waals surface area contributed by atoms with Crippen molar-refractivity contribution in [2.24, 2.45) is 0 Å². The number of carbonyl (C=O) groups excluding carboxylic acids is 1. The number of phenolic OH excluding ortho intramolecular Hbond substituents is 1. The fourth-order valence-corrected chi connectivity index (χ4v) is 5.98. The van der Waals surface area contributed by atoms with E-state index in [1.165, 1.54) is 0 Å². The third-order valence-corrected chi connectivity index (χ3v) is 8.36. The summed E-state index contributed by atoms with van der Waals surface area (Å²) in [5.41, 5.74) is 4.95. The van der Waals surface area contributed by atoms with Crippen LogP contribution in [-0.2, 0) is 5.41 Å². The zero-order valence-corrected chi connectivity index (χ0v) is 25.1. The first kappa shape index (κ1) is 28.1. The van der Waals surface area contributed by atoms with E-state index in [4.69, 9.17) is 9.47 Å². The van der Waals surface area contributed by atoms with Crippen LogP contribution < -0.4 is 9.47 Å². The molecule has 6 rings (SSSR count). The molecule has 5 aromatic carbocycles. The van der Waals surface area contributed by atoms with Crippen molar-refractivity contribution in [3.05, 3.63) is 126 Å². The highest BCUT2D eigenvalue weighted by atomic mass is 16.5. The molecule has 2 N–H and O–H groups in total. The number of aromatic nitrogens is 1. The van der Waals surface area contributed by atoms with E-state index < -0.39 is 11.4 Å². The van der Waals surface area contributed by atoms with Crippen molar-refractivity contribution in [3.8, 4) is 28.4 Å². The van der Waals surface area contributed by atoms with Gasteiger partial charge in [0, 0.05) is 33.1 Å². The number of rotatable bonds is 7. The Hall–Kier alpha value is -5.03. The van der Waals surface area contributed by atoms with E-state index in [0.29, 0.717) is 17.1 Å². The van der Waals surface area contributed by atoms with E-state index in [2.05, 4.69) is 44.8 Å². The summed E-state index contributed by atoms with van der Waals surface area (Å²) in [6.07, 6.45) is 0. The first-order chi connectivity index (χ1) is 20.7. The van der Waals surface area contributed by atoms with E-state index in [-0.39, 0.29) is 17.2 Å². The van der Waals surface area contributed by atoms with Crippen molar-refractivity contribution in [2.45, 2.75) is 39.0 Å². The number of nitrogens with one attached hydrogen (secondary N) is 1. The third kappa shape index (κ3) is 4.91. The molecule has 216 valence electrons. The van der Waals surface area contributed by atoms with Crippen LogP contribution in [0.2, 0.25) is 0 Å². The second-order valence-corrected chi connectivity index (χ2v) is 11.7. The number of hydrogen-bond acceptors (Lipinski definition) is 4. The van der Waals surface area contributed by atoms with Gasteiger partial charge < -0.3 is 19.6 Å². The molecule has 5 heteroatoms. The van der Waals surface area contributed by atoms with E-state index >= 15 is 0 Å². The van der Waals surface area contributed by atoms with Crippen molar-refractivity contribution in [1.29, 1.82) is 0 Å². The number of carbonyl (C=O) groups is 1. The molecule has 5 nitrogen and oxygen atoms in total. The summed E-state index contributed by atoms with van der Waals surface area (Å²) in [7, 11) is 1.61. The SMILES string of the molecule is COc1ccc2c(-c3c(C(C)(C)c4ccccc4)[nH]c4ccccc34)c(O)c(C(=O)Oc3ccccc3C(C)C)cc2c1. The van der Waals surface area contributed by atoms with Crippen LogP contribution in [0.4, 0.5) is 0 Å². The van der Waals surface area contributed by atoms with Gasteiger partial charge in [0.05, 0.1) is 7.11 Å². The van der Waals surface area contributed by atoms with E-state index in [9.17, 15) is 9.90 Å². The van der Waals surface area contributed by atoms with Gasteiger partial charge in [0.15, 0.2) is 0 Å². The highest BCUT2D eigenvalue weighted by molar-refractivity contribution is 6.13. The Kier molecular flexibility index (Phi) is 7.18. The Balaban J connectivity index is 1.64. The molecule has 1 aromatic heterocycles. The predicted octanol–water partition coefficient (Wildman–Crippen LogP) is 9.37. The monoisotopic (exact) mass is 569 g/mol. The average molecular weight is 570 g/mol. The molecule has 0 atom stereocenters. The average Bonchev–Trinajstić information content (AvgIpc) is 3.41. The lowest BCUT2D eigenvalue weighted by Crippen LogP contribution is -2.20. The lowest BCUT2D eigenvalue weighted by molar-refractivity contribution is 0.0730. The second kappa shape index (κ2) is 11.0. The number of benzene rings is 5. The van der Waals surface area contributed by atoms with Gasteiger partial charge >= 0.3 is 5.97 Å². The Labute approximate surface area is 251 Å². The minimum absolute atomic E-state index is 0.0862. The highest BCUT2D eigenvalue weighted by Gasteiger charge is 2.33. The molecule has 0 aliphatic heterocycles. The molecule has 0 bridgehead atoms. The maximum absolute atomic E-state index is 13.9. The van der Waals surface area contributed by atoms with Gasteiger partial charge in [-0.2, -0.15) is 0 Å². The van der Waals surface area contributed by atoms with Crippen LogP contribution in [0, 0.1) is 0 Å². The van der Waals surface area contributed by atoms with Gasteiger partial charge in [-0.3, -0.25) is 0 Å². The van der Waals surface area contributed by atoms with Gasteiger partial charge in [-0.05, 0) is 64.2 Å². The van der Waals surface area contributed by atoms with Crippen LogP contribution in [0.25, 0.3) is 32.8 Å². The van der Waals surface area contributed by atoms with Crippen LogP contribution in [-0.4, -0.2) is 23.2 Å². The lowest BCUT2D eigenvalue weighted by Gasteiger charge is -2.27. The minimum atomic E-state index is -0.625. The quantitative estimate of drug-likeness (QED) is 0.148. The number of methoxy groups -OCH3 is 1. The number of ether oxygens (including phenoxy) is 2. The molecule has 0 aliphatic carbocycles. The first-order valence-electron chi connectivity index (χ1n) is 14.5. The van der Waals surface area contributed by atoms with Crippen LogP contribution in [0.5, 0.6) is 17.2 Å². The maximum atomic E-state index is 13.9. The van der Waals surface area contributed by atoms with E-state index in [1.807, 2.05) is 78.9 Å². The van der Waals surface area contributed by atoms with Crippen LogP contribution in [0.3, 0.4) is 0 Å². The van der Waals surface area contributed by atoms with Gasteiger partial charge in [0.25, 0.3) is 0 Å². The van der Waals surface area contributed by atoms with Crippen LogP contribution in [0.15, 0.2) is 103 Å². The van der Waals surface area contributed by atoms with Gasteiger partial charge in [0.1, 0.15) is 22.8 Å². The van der Waals surface area contributed by atoms with Crippen molar-refractivity contribution in [1.82, 2.24) is 4.98 Å². The standard InChI is InChI=1S/C38H35NO4/c1-23(2)27-15-10-12-18-32(27)43-37(41)30-22-24-21-26(42-5)19-20-28(24)33(35(30)40)34-29-16-9-11-17-31(29)39-36(34)38(3,4)25-13-7-6-8-14-25/h6-23,39-40H,1-5H3. The van der Waals surface area contributed by atoms with Crippen LogP contribution in [0.1, 0.15) is 60.8 Å². The lowest BCUT2D eigenvalue weighted by atomic mass is 9.77. The minimum Gasteiger partial charge on any atom is -0.506 e. The summed E-state index contributed by atoms with van der Waals surface area (Å²) in [4.78, 5) is 17.5. The third-order valence-electron chi connectivity index (χ3n) is 8.36. The predicted molar refractivity (Wildman–Crippen MR) is 174 cm³/mol. The number of hydrogen-bond donors (Lipinski definition) is 2. The normalized spacial score (nSPS) is 11.8. The van der Waals surface area contributed by atoms with Crippen molar-refractivity contribution in [3.63, 3.8) is 0 Å². The Morgan fingerprint density at radius 2 is 1.51 bits per heavy atom. The molecule has 0 fully saturated rings. The molecule has 43 heavy (non-hydrogen) atoms. The molecule has 0 unspecified atom stereocenters. The number of phenols is 1. The highest BCUT2D eigenvalue weighted by Crippen LogP contribution is 2.48. The second-order valence-electron chi connectivity index (χ2n) is 11.7. The fraction of sp³-hybridized carbons (Fsp3) is 0.184. The number of aromatic amines is 1. The maximum Gasteiger partial charge on any atom is 0.347 e. The van der Waals surface area contributed by atoms with Crippen molar-refractivity contribution in [2.75, 3.05) is 7.11 Å². The summed E-state index contributed by atoms with van der Waals surface area (Å²) in [6, 6.07) is 33.2. The zero-order valence-electron chi connectivity index (χ0n) is 25.1. The largest absolute Gasteiger partial charge is 0.506 e.